The van der Waals surface area contributed by atoms with E-state index in [4.69, 9.17) is 17.2 Å². The minimum atomic E-state index is 0.230. The van der Waals surface area contributed by atoms with Gasteiger partial charge in [0.05, 0.1) is 0 Å². The van der Waals surface area contributed by atoms with E-state index in [1.807, 2.05) is 12.1 Å². The number of nitrogen functional groups attached to an aromatic ring is 1. The Bertz CT molecular complexity index is 433. The smallest absolute Gasteiger partial charge is 0.0390 e. The average Bonchev–Trinajstić information content (AvgIpc) is 2.43. The summed E-state index contributed by atoms with van der Waals surface area (Å²) in [7, 11) is 0. The third kappa shape index (κ3) is 2.74. The monoisotopic (exact) mass is 245 g/mol. The van der Waals surface area contributed by atoms with Gasteiger partial charge >= 0.3 is 0 Å². The van der Waals surface area contributed by atoms with Crippen LogP contribution < -0.4 is 17.2 Å². The maximum Gasteiger partial charge on any atom is 0.0390 e. The summed E-state index contributed by atoms with van der Waals surface area (Å²) in [5.74, 6) is 0.230. The molecule has 0 saturated heterocycles. The van der Waals surface area contributed by atoms with Gasteiger partial charge in [-0.15, -0.1) is 0 Å². The first-order chi connectivity index (χ1) is 8.76. The number of allylic oxidation sites excluding steroid dienone is 2. The van der Waals surface area contributed by atoms with Gasteiger partial charge in [0.1, 0.15) is 0 Å². The van der Waals surface area contributed by atoms with Crippen LogP contribution in [-0.4, -0.2) is 13.1 Å². The van der Waals surface area contributed by atoms with Gasteiger partial charge in [-0.1, -0.05) is 12.1 Å². The predicted molar refractivity (Wildman–Crippen MR) is 78.1 cm³/mol. The van der Waals surface area contributed by atoms with Gasteiger partial charge in [0.25, 0.3) is 0 Å². The molecule has 0 amide bonds. The van der Waals surface area contributed by atoms with Crippen LogP contribution in [0.25, 0.3) is 5.57 Å². The Balaban J connectivity index is 2.34. The number of nitrogens with two attached hydrogens (primary N) is 3. The molecule has 18 heavy (non-hydrogen) atoms. The third-order valence-electron chi connectivity index (χ3n) is 3.75. The maximum absolute atomic E-state index is 6.10. The quantitative estimate of drug-likeness (QED) is 0.712. The molecule has 1 aliphatic carbocycles. The van der Waals surface area contributed by atoms with Crippen molar-refractivity contribution in [2.75, 3.05) is 18.8 Å². The van der Waals surface area contributed by atoms with Crippen LogP contribution in [0, 0.1) is 0 Å². The Labute approximate surface area is 109 Å². The molecule has 0 spiro atoms. The fourth-order valence-corrected chi connectivity index (χ4v) is 2.56. The van der Waals surface area contributed by atoms with Crippen LogP contribution in [0.3, 0.4) is 0 Å². The van der Waals surface area contributed by atoms with Crippen molar-refractivity contribution in [3.05, 3.63) is 35.4 Å². The Kier molecular flexibility index (Phi) is 4.39. The zero-order valence-corrected chi connectivity index (χ0v) is 10.9. The maximum atomic E-state index is 6.10. The molecule has 0 atom stereocenters. The van der Waals surface area contributed by atoms with E-state index in [0.29, 0.717) is 13.1 Å². The van der Waals surface area contributed by atoms with E-state index in [1.165, 1.54) is 29.5 Å². The van der Waals surface area contributed by atoms with Gasteiger partial charge in [0, 0.05) is 30.3 Å². The van der Waals surface area contributed by atoms with E-state index in [-0.39, 0.29) is 5.92 Å². The van der Waals surface area contributed by atoms with Crippen LogP contribution in [0.5, 0.6) is 0 Å². The Hall–Kier alpha value is -1.32. The molecule has 0 unspecified atom stereocenters. The molecule has 0 aromatic heterocycles. The third-order valence-corrected chi connectivity index (χ3v) is 3.75. The highest BCUT2D eigenvalue weighted by molar-refractivity contribution is 5.76. The van der Waals surface area contributed by atoms with Gasteiger partial charge in [0.15, 0.2) is 0 Å². The molecular weight excluding hydrogens is 222 g/mol. The second kappa shape index (κ2) is 6.03. The molecule has 1 aromatic rings. The van der Waals surface area contributed by atoms with Gasteiger partial charge < -0.3 is 17.2 Å². The summed E-state index contributed by atoms with van der Waals surface area (Å²) in [6.07, 6.45) is 7.16. The van der Waals surface area contributed by atoms with Crippen LogP contribution in [0.1, 0.15) is 42.7 Å². The first kappa shape index (κ1) is 13.1. The Morgan fingerprint density at radius 1 is 1.11 bits per heavy atom. The fourth-order valence-electron chi connectivity index (χ4n) is 2.56. The lowest BCUT2D eigenvalue weighted by Gasteiger charge is -2.18. The van der Waals surface area contributed by atoms with E-state index in [9.17, 15) is 0 Å². The summed E-state index contributed by atoms with van der Waals surface area (Å²) in [4.78, 5) is 0. The summed E-state index contributed by atoms with van der Waals surface area (Å²) < 4.78 is 0. The van der Waals surface area contributed by atoms with Crippen molar-refractivity contribution in [2.45, 2.75) is 31.6 Å². The lowest BCUT2D eigenvalue weighted by molar-refractivity contribution is 0.707. The largest absolute Gasteiger partial charge is 0.398 e. The van der Waals surface area contributed by atoms with Gasteiger partial charge in [-0.05, 0) is 49.0 Å². The molecule has 98 valence electrons. The minimum absolute atomic E-state index is 0.230. The molecule has 3 nitrogen and oxygen atoms in total. The van der Waals surface area contributed by atoms with Crippen LogP contribution in [-0.2, 0) is 0 Å². The highest BCUT2D eigenvalue weighted by Crippen LogP contribution is 2.32. The molecule has 3 heteroatoms. The molecule has 6 N–H and O–H groups in total. The minimum Gasteiger partial charge on any atom is -0.398 e. The lowest BCUT2D eigenvalue weighted by atomic mass is 9.89. The number of benzene rings is 1. The Morgan fingerprint density at radius 3 is 2.50 bits per heavy atom. The highest BCUT2D eigenvalue weighted by Gasteiger charge is 2.13. The molecule has 2 rings (SSSR count). The van der Waals surface area contributed by atoms with Gasteiger partial charge in [-0.3, -0.25) is 0 Å². The molecule has 0 heterocycles. The first-order valence-corrected chi connectivity index (χ1v) is 6.75. The standard InChI is InChI=1S/C15H23N3/c16-9-13(10-17)12-6-7-15(18)14(8-12)11-4-2-1-3-5-11/h4,6-8,13H,1-3,5,9-10,16-18H2. The summed E-state index contributed by atoms with van der Waals surface area (Å²) in [6.45, 7) is 1.16. The topological polar surface area (TPSA) is 78.1 Å². The molecule has 1 aromatic carbocycles. The van der Waals surface area contributed by atoms with Gasteiger partial charge in [-0.25, -0.2) is 0 Å². The van der Waals surface area contributed by atoms with E-state index in [1.54, 1.807) is 0 Å². The fraction of sp³-hybridized carbons (Fsp3) is 0.467. The zero-order chi connectivity index (χ0) is 13.0. The van der Waals surface area contributed by atoms with Crippen LogP contribution in [0.2, 0.25) is 0 Å². The number of hydrogen-bond acceptors (Lipinski definition) is 3. The summed E-state index contributed by atoms with van der Waals surface area (Å²) in [6, 6.07) is 6.21. The molecular formula is C15H23N3. The zero-order valence-electron chi connectivity index (χ0n) is 10.9. The second-order valence-corrected chi connectivity index (χ2v) is 4.99. The van der Waals surface area contributed by atoms with Crippen molar-refractivity contribution >= 4 is 11.3 Å². The van der Waals surface area contributed by atoms with E-state index >= 15 is 0 Å². The van der Waals surface area contributed by atoms with E-state index in [0.717, 1.165) is 18.5 Å². The molecule has 1 aliphatic rings. The molecule has 0 bridgehead atoms. The second-order valence-electron chi connectivity index (χ2n) is 4.99. The van der Waals surface area contributed by atoms with Crippen molar-refractivity contribution in [2.24, 2.45) is 11.5 Å². The van der Waals surface area contributed by atoms with Crippen molar-refractivity contribution in [1.82, 2.24) is 0 Å². The average molecular weight is 245 g/mol. The van der Waals surface area contributed by atoms with Crippen LogP contribution in [0.4, 0.5) is 5.69 Å². The van der Waals surface area contributed by atoms with Crippen molar-refractivity contribution < 1.29 is 0 Å². The van der Waals surface area contributed by atoms with Gasteiger partial charge in [-0.2, -0.15) is 0 Å². The number of rotatable bonds is 4. The number of hydrogen-bond donors (Lipinski definition) is 3. The van der Waals surface area contributed by atoms with Crippen molar-refractivity contribution in [3.63, 3.8) is 0 Å². The lowest BCUT2D eigenvalue weighted by Crippen LogP contribution is -2.21. The number of anilines is 1. The highest BCUT2D eigenvalue weighted by atomic mass is 14.6. The van der Waals surface area contributed by atoms with Crippen LogP contribution in [0.15, 0.2) is 24.3 Å². The van der Waals surface area contributed by atoms with E-state index in [2.05, 4.69) is 12.1 Å². The van der Waals surface area contributed by atoms with Crippen molar-refractivity contribution in [1.29, 1.82) is 0 Å². The normalized spacial score (nSPS) is 15.8. The molecule has 0 radical (unpaired) electrons. The molecule has 0 aliphatic heterocycles. The van der Waals surface area contributed by atoms with Crippen LogP contribution >= 0.6 is 0 Å². The molecule has 0 saturated carbocycles. The SMILES string of the molecule is NCC(CN)c1ccc(N)c(C2=CCCCC2)c1. The van der Waals surface area contributed by atoms with Crippen molar-refractivity contribution in [3.8, 4) is 0 Å². The first-order valence-electron chi connectivity index (χ1n) is 6.75. The summed E-state index contributed by atoms with van der Waals surface area (Å²) in [5, 5.41) is 0. The van der Waals surface area contributed by atoms with Gasteiger partial charge in [0.2, 0.25) is 0 Å². The molecule has 0 fully saturated rings. The predicted octanol–water partition coefficient (Wildman–Crippen LogP) is 2.23. The summed E-state index contributed by atoms with van der Waals surface area (Å²) in [5.41, 5.74) is 22.2. The summed E-state index contributed by atoms with van der Waals surface area (Å²) >= 11 is 0. The van der Waals surface area contributed by atoms with E-state index < -0.39 is 0 Å². The Morgan fingerprint density at radius 2 is 1.89 bits per heavy atom.